The minimum atomic E-state index is -0.279. The van der Waals surface area contributed by atoms with E-state index in [9.17, 15) is 4.39 Å². The highest BCUT2D eigenvalue weighted by molar-refractivity contribution is 5.37. The van der Waals surface area contributed by atoms with Crippen LogP contribution in [0.3, 0.4) is 0 Å². The topological polar surface area (TPSA) is 35.8 Å². The van der Waals surface area contributed by atoms with E-state index in [1.807, 2.05) is 0 Å². The van der Waals surface area contributed by atoms with Crippen LogP contribution in [0.4, 0.5) is 4.39 Å². The van der Waals surface area contributed by atoms with E-state index in [0.29, 0.717) is 24.1 Å². The molecule has 1 fully saturated rings. The molecule has 1 aromatic carbocycles. The van der Waals surface area contributed by atoms with Gasteiger partial charge in [0.05, 0.1) is 11.6 Å². The van der Waals surface area contributed by atoms with E-state index >= 15 is 0 Å². The lowest BCUT2D eigenvalue weighted by atomic mass is 9.97. The zero-order valence-electron chi connectivity index (χ0n) is 10.9. The van der Waals surface area contributed by atoms with Gasteiger partial charge < -0.3 is 5.32 Å². The van der Waals surface area contributed by atoms with Gasteiger partial charge in [-0.2, -0.15) is 5.26 Å². The molecule has 0 amide bonds. The summed E-state index contributed by atoms with van der Waals surface area (Å²) < 4.78 is 13.2. The molecule has 0 radical (unpaired) electrons. The van der Waals surface area contributed by atoms with E-state index in [1.165, 1.54) is 25.0 Å². The maximum Gasteiger partial charge on any atom is 0.123 e. The van der Waals surface area contributed by atoms with E-state index in [0.717, 1.165) is 11.5 Å². The molecule has 1 aliphatic carbocycles. The average Bonchev–Trinajstić information content (AvgIpc) is 2.68. The van der Waals surface area contributed by atoms with Crippen molar-refractivity contribution in [3.63, 3.8) is 0 Å². The Labute approximate surface area is 108 Å². The highest BCUT2D eigenvalue weighted by atomic mass is 19.1. The molecular formula is C15H19FN2. The molecule has 1 N–H and O–H groups in total. The van der Waals surface area contributed by atoms with E-state index in [1.54, 1.807) is 6.07 Å². The number of benzene rings is 1. The van der Waals surface area contributed by atoms with Crippen LogP contribution in [0.2, 0.25) is 0 Å². The van der Waals surface area contributed by atoms with Gasteiger partial charge in [-0.25, -0.2) is 4.39 Å². The van der Waals surface area contributed by atoms with Gasteiger partial charge >= 0.3 is 0 Å². The fourth-order valence-electron chi connectivity index (χ4n) is 2.71. The van der Waals surface area contributed by atoms with Crippen molar-refractivity contribution in [3.8, 4) is 6.07 Å². The molecule has 0 saturated heterocycles. The third kappa shape index (κ3) is 2.70. The number of hydrogen-bond donors (Lipinski definition) is 1. The van der Waals surface area contributed by atoms with Crippen molar-refractivity contribution in [2.24, 2.45) is 11.8 Å². The number of nitriles is 1. The van der Waals surface area contributed by atoms with Crippen LogP contribution < -0.4 is 5.32 Å². The van der Waals surface area contributed by atoms with Crippen LogP contribution in [0.15, 0.2) is 18.2 Å². The molecular weight excluding hydrogens is 227 g/mol. The van der Waals surface area contributed by atoms with E-state index in [4.69, 9.17) is 5.26 Å². The van der Waals surface area contributed by atoms with Crippen LogP contribution in [0.5, 0.6) is 0 Å². The predicted molar refractivity (Wildman–Crippen MR) is 69.3 cm³/mol. The predicted octanol–water partition coefficient (Wildman–Crippen LogP) is 3.22. The molecule has 18 heavy (non-hydrogen) atoms. The zero-order valence-corrected chi connectivity index (χ0v) is 10.9. The van der Waals surface area contributed by atoms with Gasteiger partial charge in [-0.05, 0) is 48.4 Å². The Morgan fingerprint density at radius 1 is 1.39 bits per heavy atom. The molecule has 0 heterocycles. The normalized spacial score (nSPS) is 27.1. The Morgan fingerprint density at radius 2 is 2.17 bits per heavy atom. The molecule has 0 aromatic heterocycles. The van der Waals surface area contributed by atoms with Crippen LogP contribution in [0, 0.1) is 29.0 Å². The standard InChI is InChI=1S/C15H19FN2/c1-10-3-6-15(11(10)2)18-9-13-7-14(16)5-4-12(13)8-17/h4-5,7,10-11,15,18H,3,6,9H2,1-2H3. The van der Waals surface area contributed by atoms with Gasteiger partial charge in [0.1, 0.15) is 5.82 Å². The third-order valence-electron chi connectivity index (χ3n) is 4.21. The quantitative estimate of drug-likeness (QED) is 0.888. The first-order chi connectivity index (χ1) is 8.61. The van der Waals surface area contributed by atoms with Gasteiger partial charge in [0, 0.05) is 12.6 Å². The molecule has 96 valence electrons. The number of nitrogens with one attached hydrogen (secondary N) is 1. The second-order valence-corrected chi connectivity index (χ2v) is 5.31. The summed E-state index contributed by atoms with van der Waals surface area (Å²) in [5.41, 5.74) is 1.31. The van der Waals surface area contributed by atoms with Crippen molar-refractivity contribution < 1.29 is 4.39 Å². The summed E-state index contributed by atoms with van der Waals surface area (Å²) in [6.45, 7) is 5.10. The van der Waals surface area contributed by atoms with Crippen molar-refractivity contribution in [3.05, 3.63) is 35.1 Å². The number of nitrogens with zero attached hydrogens (tertiary/aromatic N) is 1. The van der Waals surface area contributed by atoms with Gasteiger partial charge in [-0.3, -0.25) is 0 Å². The summed E-state index contributed by atoms with van der Waals surface area (Å²) in [7, 11) is 0. The van der Waals surface area contributed by atoms with Gasteiger partial charge in [0.2, 0.25) is 0 Å². The summed E-state index contributed by atoms with van der Waals surface area (Å²) in [5.74, 6) is 1.10. The smallest absolute Gasteiger partial charge is 0.123 e. The SMILES string of the molecule is CC1CCC(NCc2cc(F)ccc2C#N)C1C. The Kier molecular flexibility index (Phi) is 3.98. The second-order valence-electron chi connectivity index (χ2n) is 5.31. The first-order valence-corrected chi connectivity index (χ1v) is 6.53. The average molecular weight is 246 g/mol. The van der Waals surface area contributed by atoms with Gasteiger partial charge in [0.25, 0.3) is 0 Å². The molecule has 2 rings (SSSR count). The minimum Gasteiger partial charge on any atom is -0.310 e. The lowest BCUT2D eigenvalue weighted by molar-refractivity contribution is 0.369. The summed E-state index contributed by atoms with van der Waals surface area (Å²) in [6, 6.07) is 6.93. The first-order valence-electron chi connectivity index (χ1n) is 6.53. The highest BCUT2D eigenvalue weighted by Gasteiger charge is 2.29. The number of rotatable bonds is 3. The van der Waals surface area contributed by atoms with E-state index in [2.05, 4.69) is 25.2 Å². The summed E-state index contributed by atoms with van der Waals surface area (Å²) >= 11 is 0. The summed E-state index contributed by atoms with van der Waals surface area (Å²) in [6.07, 6.45) is 2.41. The van der Waals surface area contributed by atoms with Crippen LogP contribution in [-0.2, 0) is 6.54 Å². The molecule has 2 nitrogen and oxygen atoms in total. The van der Waals surface area contributed by atoms with Gasteiger partial charge in [-0.1, -0.05) is 13.8 Å². The van der Waals surface area contributed by atoms with Crippen molar-refractivity contribution in [2.75, 3.05) is 0 Å². The minimum absolute atomic E-state index is 0.279. The second kappa shape index (κ2) is 5.49. The molecule has 0 spiro atoms. The third-order valence-corrected chi connectivity index (χ3v) is 4.21. The molecule has 1 saturated carbocycles. The fraction of sp³-hybridized carbons (Fsp3) is 0.533. The fourth-order valence-corrected chi connectivity index (χ4v) is 2.71. The summed E-state index contributed by atoms with van der Waals surface area (Å²) in [5, 5.41) is 12.5. The lowest BCUT2D eigenvalue weighted by Gasteiger charge is -2.20. The molecule has 0 aliphatic heterocycles. The van der Waals surface area contributed by atoms with Crippen LogP contribution in [0.1, 0.15) is 37.8 Å². The van der Waals surface area contributed by atoms with Crippen LogP contribution in [0.25, 0.3) is 0 Å². The zero-order chi connectivity index (χ0) is 13.1. The van der Waals surface area contributed by atoms with Crippen molar-refractivity contribution in [1.29, 1.82) is 5.26 Å². The highest BCUT2D eigenvalue weighted by Crippen LogP contribution is 2.31. The maximum absolute atomic E-state index is 13.2. The number of halogens is 1. The Morgan fingerprint density at radius 3 is 2.78 bits per heavy atom. The van der Waals surface area contributed by atoms with Crippen molar-refractivity contribution in [1.82, 2.24) is 5.32 Å². The van der Waals surface area contributed by atoms with E-state index < -0.39 is 0 Å². The van der Waals surface area contributed by atoms with Gasteiger partial charge in [-0.15, -0.1) is 0 Å². The monoisotopic (exact) mass is 246 g/mol. The molecule has 3 unspecified atom stereocenters. The Balaban J connectivity index is 2.02. The van der Waals surface area contributed by atoms with Crippen molar-refractivity contribution >= 4 is 0 Å². The van der Waals surface area contributed by atoms with E-state index in [-0.39, 0.29) is 5.82 Å². The summed E-state index contributed by atoms with van der Waals surface area (Å²) in [4.78, 5) is 0. The maximum atomic E-state index is 13.2. The van der Waals surface area contributed by atoms with Gasteiger partial charge in [0.15, 0.2) is 0 Å². The van der Waals surface area contributed by atoms with Crippen LogP contribution >= 0.6 is 0 Å². The first kappa shape index (κ1) is 13.0. The Hall–Kier alpha value is -1.40. The van der Waals surface area contributed by atoms with Crippen LogP contribution in [-0.4, -0.2) is 6.04 Å². The molecule has 1 aromatic rings. The van der Waals surface area contributed by atoms with Crippen molar-refractivity contribution in [2.45, 2.75) is 39.3 Å². The molecule has 0 bridgehead atoms. The molecule has 1 aliphatic rings. The molecule has 3 atom stereocenters. The number of hydrogen-bond acceptors (Lipinski definition) is 2. The largest absolute Gasteiger partial charge is 0.310 e. The lowest BCUT2D eigenvalue weighted by Crippen LogP contribution is -2.32. The Bertz CT molecular complexity index is 464. The molecule has 3 heteroatoms.